The minimum atomic E-state index is -0.430. The minimum Gasteiger partial charge on any atom is -0.374 e. The molecule has 0 aliphatic carbocycles. The lowest BCUT2D eigenvalue weighted by atomic mass is 10.2. The molecule has 0 aromatic heterocycles. The second-order valence-electron chi connectivity index (χ2n) is 3.82. The molecule has 0 amide bonds. The van der Waals surface area contributed by atoms with Crippen molar-refractivity contribution in [3.05, 3.63) is 39.9 Å². The number of Topliss-reactive ketones (excluding diaryl/α,β-unsaturated/α-hetero) is 1. The maximum atomic E-state index is 10.3. The highest BCUT2D eigenvalue weighted by Gasteiger charge is 2.06. The molecule has 7 heteroatoms. The first kappa shape index (κ1) is 17.5. The fourth-order valence-electron chi connectivity index (χ4n) is 1.38. The van der Waals surface area contributed by atoms with E-state index in [1.54, 1.807) is 12.1 Å². The Morgan fingerprint density at radius 2 is 1.95 bits per heavy atom. The first-order chi connectivity index (χ1) is 8.63. The lowest BCUT2D eigenvalue weighted by Gasteiger charge is -2.07. The predicted octanol–water partition coefficient (Wildman–Crippen LogP) is 1.84. The van der Waals surface area contributed by atoms with Crippen LogP contribution in [0.3, 0.4) is 0 Å². The molecule has 0 atom stereocenters. The van der Waals surface area contributed by atoms with Crippen LogP contribution in [0.15, 0.2) is 24.3 Å². The second-order valence-corrected chi connectivity index (χ2v) is 3.82. The molecule has 1 saturated heterocycles. The number of rotatable bonds is 2. The molecule has 0 radical (unpaired) electrons. The number of halogens is 1. The third-order valence-corrected chi connectivity index (χ3v) is 2.39. The van der Waals surface area contributed by atoms with Gasteiger partial charge in [0.25, 0.3) is 5.69 Å². The van der Waals surface area contributed by atoms with E-state index < -0.39 is 4.92 Å². The first-order valence-corrected chi connectivity index (χ1v) is 5.66. The maximum absolute atomic E-state index is 10.3. The number of carbonyl (C=O) groups excluding carboxylic acids is 1. The van der Waals surface area contributed by atoms with Crippen LogP contribution in [0.1, 0.15) is 18.4 Å². The molecule has 106 valence electrons. The van der Waals surface area contributed by atoms with Crippen LogP contribution < -0.4 is 5.73 Å². The highest BCUT2D eigenvalue weighted by molar-refractivity contribution is 5.85. The van der Waals surface area contributed by atoms with Gasteiger partial charge in [0.15, 0.2) is 5.78 Å². The van der Waals surface area contributed by atoms with E-state index in [2.05, 4.69) is 0 Å². The predicted molar refractivity (Wildman–Crippen MR) is 73.3 cm³/mol. The van der Waals surface area contributed by atoms with E-state index in [0.717, 1.165) is 25.0 Å². The van der Waals surface area contributed by atoms with E-state index in [4.69, 9.17) is 10.5 Å². The highest BCUT2D eigenvalue weighted by atomic mass is 35.5. The van der Waals surface area contributed by atoms with Crippen LogP contribution in [0.4, 0.5) is 5.69 Å². The van der Waals surface area contributed by atoms with Crippen molar-refractivity contribution in [3.8, 4) is 0 Å². The zero-order chi connectivity index (χ0) is 13.4. The molecular weight excluding hydrogens is 272 g/mol. The summed E-state index contributed by atoms with van der Waals surface area (Å²) in [7, 11) is 0. The van der Waals surface area contributed by atoms with Gasteiger partial charge in [0, 0.05) is 31.7 Å². The number of ketones is 1. The van der Waals surface area contributed by atoms with Crippen LogP contribution in [-0.2, 0) is 16.1 Å². The van der Waals surface area contributed by atoms with Crippen molar-refractivity contribution in [2.75, 3.05) is 13.2 Å². The Bertz CT molecular complexity index is 401. The Labute approximate surface area is 117 Å². The molecule has 1 fully saturated rings. The van der Waals surface area contributed by atoms with Crippen LogP contribution in [0.5, 0.6) is 0 Å². The molecule has 0 bridgehead atoms. The van der Waals surface area contributed by atoms with Crippen LogP contribution in [0.2, 0.25) is 0 Å². The van der Waals surface area contributed by atoms with Crippen molar-refractivity contribution in [2.45, 2.75) is 19.4 Å². The largest absolute Gasteiger partial charge is 0.374 e. The zero-order valence-corrected chi connectivity index (χ0v) is 11.2. The van der Waals surface area contributed by atoms with Crippen LogP contribution >= 0.6 is 12.4 Å². The van der Waals surface area contributed by atoms with Gasteiger partial charge < -0.3 is 10.5 Å². The van der Waals surface area contributed by atoms with Gasteiger partial charge in [-0.2, -0.15) is 0 Å². The lowest BCUT2D eigenvalue weighted by molar-refractivity contribution is -0.384. The highest BCUT2D eigenvalue weighted by Crippen LogP contribution is 2.10. The fourth-order valence-corrected chi connectivity index (χ4v) is 1.38. The Kier molecular flexibility index (Phi) is 8.69. The molecule has 19 heavy (non-hydrogen) atoms. The summed E-state index contributed by atoms with van der Waals surface area (Å²) in [4.78, 5) is 20.1. The Morgan fingerprint density at radius 1 is 1.32 bits per heavy atom. The van der Waals surface area contributed by atoms with Gasteiger partial charge in [0.2, 0.25) is 0 Å². The summed E-state index contributed by atoms with van der Waals surface area (Å²) in [6.45, 7) is 1.53. The monoisotopic (exact) mass is 288 g/mol. The van der Waals surface area contributed by atoms with E-state index in [-0.39, 0.29) is 23.9 Å². The van der Waals surface area contributed by atoms with Crippen molar-refractivity contribution >= 4 is 23.9 Å². The van der Waals surface area contributed by atoms with Crippen LogP contribution in [0, 0.1) is 10.1 Å². The lowest BCUT2D eigenvalue weighted by Crippen LogP contribution is -2.15. The molecule has 0 unspecified atom stereocenters. The molecule has 1 aliphatic rings. The number of nitro benzene ring substituents is 1. The third-order valence-electron chi connectivity index (χ3n) is 2.39. The van der Waals surface area contributed by atoms with Crippen LogP contribution in [0.25, 0.3) is 0 Å². The average molecular weight is 289 g/mol. The standard InChI is InChI=1S/C7H8N2O2.C5H8O2.ClH/c8-5-6-1-3-7(4-2-6)9(10)11;6-5-2-1-3-7-4-5;/h1-4H,5,8H2;1-4H2;1H. The summed E-state index contributed by atoms with van der Waals surface area (Å²) < 4.78 is 4.83. The minimum absolute atomic E-state index is 0. The summed E-state index contributed by atoms with van der Waals surface area (Å²) in [6.07, 6.45) is 1.64. The summed E-state index contributed by atoms with van der Waals surface area (Å²) in [5, 5.41) is 10.2. The fraction of sp³-hybridized carbons (Fsp3) is 0.417. The molecule has 1 aromatic carbocycles. The van der Waals surface area contributed by atoms with Crippen molar-refractivity contribution in [3.63, 3.8) is 0 Å². The quantitative estimate of drug-likeness (QED) is 0.662. The first-order valence-electron chi connectivity index (χ1n) is 5.66. The average Bonchev–Trinajstić information content (AvgIpc) is 2.40. The van der Waals surface area contributed by atoms with Gasteiger partial charge in [-0.05, 0) is 12.0 Å². The van der Waals surface area contributed by atoms with Gasteiger partial charge in [0.1, 0.15) is 6.61 Å². The number of ether oxygens (including phenoxy) is 1. The summed E-state index contributed by atoms with van der Waals surface area (Å²) in [5.41, 5.74) is 6.30. The van der Waals surface area contributed by atoms with Crippen LogP contribution in [-0.4, -0.2) is 23.9 Å². The smallest absolute Gasteiger partial charge is 0.269 e. The number of nitrogens with zero attached hydrogens (tertiary/aromatic N) is 1. The molecular formula is C12H17ClN2O4. The van der Waals surface area contributed by atoms with E-state index in [1.165, 1.54) is 12.1 Å². The Morgan fingerprint density at radius 3 is 2.26 bits per heavy atom. The van der Waals surface area contributed by atoms with Crippen molar-refractivity contribution in [2.24, 2.45) is 5.73 Å². The SMILES string of the molecule is Cl.NCc1ccc([N+](=O)[O-])cc1.O=C1CCCOC1. The number of hydrogen-bond donors (Lipinski definition) is 1. The van der Waals surface area contributed by atoms with Crippen molar-refractivity contribution in [1.29, 1.82) is 0 Å². The second kappa shape index (κ2) is 9.43. The van der Waals surface area contributed by atoms with E-state index in [0.29, 0.717) is 13.2 Å². The number of hydrogen-bond acceptors (Lipinski definition) is 5. The molecule has 0 spiro atoms. The Balaban J connectivity index is 0.000000352. The number of benzene rings is 1. The number of nitro groups is 1. The van der Waals surface area contributed by atoms with Gasteiger partial charge in [0.05, 0.1) is 4.92 Å². The summed E-state index contributed by atoms with van der Waals surface area (Å²) >= 11 is 0. The van der Waals surface area contributed by atoms with E-state index in [9.17, 15) is 14.9 Å². The topological polar surface area (TPSA) is 95.5 Å². The molecule has 1 aromatic rings. The van der Waals surface area contributed by atoms with Gasteiger partial charge in [-0.1, -0.05) is 12.1 Å². The summed E-state index contributed by atoms with van der Waals surface area (Å²) in [6, 6.07) is 6.20. The van der Waals surface area contributed by atoms with E-state index in [1.807, 2.05) is 0 Å². The molecule has 1 aliphatic heterocycles. The van der Waals surface area contributed by atoms with Gasteiger partial charge in [-0.25, -0.2) is 0 Å². The van der Waals surface area contributed by atoms with Gasteiger partial charge in [-0.15, -0.1) is 12.4 Å². The molecule has 0 saturated carbocycles. The van der Waals surface area contributed by atoms with Crippen molar-refractivity contribution in [1.82, 2.24) is 0 Å². The molecule has 2 rings (SSSR count). The van der Waals surface area contributed by atoms with E-state index >= 15 is 0 Å². The normalized spacial score (nSPS) is 13.8. The Hall–Kier alpha value is -1.50. The van der Waals surface area contributed by atoms with Gasteiger partial charge in [-0.3, -0.25) is 14.9 Å². The van der Waals surface area contributed by atoms with Gasteiger partial charge >= 0.3 is 0 Å². The molecule has 2 N–H and O–H groups in total. The number of carbonyl (C=O) groups is 1. The zero-order valence-electron chi connectivity index (χ0n) is 10.4. The third kappa shape index (κ3) is 6.85. The number of nitrogens with two attached hydrogens (primary N) is 1. The summed E-state index contributed by atoms with van der Waals surface area (Å²) in [5.74, 6) is 0.242. The maximum Gasteiger partial charge on any atom is 0.269 e. The number of non-ortho nitro benzene ring substituents is 1. The molecule has 6 nitrogen and oxygen atoms in total. The molecule has 1 heterocycles. The van der Waals surface area contributed by atoms with Crippen molar-refractivity contribution < 1.29 is 14.5 Å².